The van der Waals surface area contributed by atoms with E-state index in [1.165, 1.54) is 43.9 Å². The molecular weight excluding hydrogens is 582 g/mol. The van der Waals surface area contributed by atoms with Crippen molar-refractivity contribution in [1.29, 1.82) is 0 Å². The molecule has 2 aromatic heterocycles. The maximum absolute atomic E-state index is 13.0. The molecule has 0 radical (unpaired) electrons. The molecule has 0 saturated heterocycles. The summed E-state index contributed by atoms with van der Waals surface area (Å²) in [5.74, 6) is -0.370. The summed E-state index contributed by atoms with van der Waals surface area (Å²) in [6.07, 6.45) is 2.86. The predicted octanol–water partition coefficient (Wildman–Crippen LogP) is 6.20. The Morgan fingerprint density at radius 3 is 2.27 bits per heavy atom. The third-order valence-electron chi connectivity index (χ3n) is 6.46. The number of aromatic nitrogens is 3. The first-order valence-electron chi connectivity index (χ1n) is 13.5. The zero-order valence-corrected chi connectivity index (χ0v) is 26.7. The van der Waals surface area contributed by atoms with Gasteiger partial charge in [0.2, 0.25) is 0 Å². The highest BCUT2D eigenvalue weighted by molar-refractivity contribution is 7.99. The van der Waals surface area contributed by atoms with Crippen LogP contribution in [0.15, 0.2) is 69.8 Å². The third kappa shape index (κ3) is 8.28. The summed E-state index contributed by atoms with van der Waals surface area (Å²) in [7, 11) is -2.22. The number of anilines is 1. The fourth-order valence-electron chi connectivity index (χ4n) is 4.25. The smallest absolute Gasteiger partial charge is 0.325 e. The molecule has 0 bridgehead atoms. The Bertz CT molecular complexity index is 1560. The SMILES string of the molecule is CCN(CC)CC.CCOC(=O)Cn1c(C)c(Sc2ccc(Cl)cc2)c2c(NS(=O)(=O)c3cn(C)cn3)cccc21. The van der Waals surface area contributed by atoms with Gasteiger partial charge in [0.05, 0.1) is 24.1 Å². The van der Waals surface area contributed by atoms with Crippen LogP contribution in [0.4, 0.5) is 5.69 Å². The van der Waals surface area contributed by atoms with E-state index in [9.17, 15) is 13.2 Å². The Labute approximate surface area is 251 Å². The molecule has 4 rings (SSSR count). The van der Waals surface area contributed by atoms with E-state index in [0.717, 1.165) is 15.5 Å². The van der Waals surface area contributed by atoms with Crippen molar-refractivity contribution in [2.24, 2.45) is 7.05 Å². The fraction of sp³-hybridized carbons (Fsp3) is 0.379. The van der Waals surface area contributed by atoms with Gasteiger partial charge in [-0.05, 0) is 69.9 Å². The lowest BCUT2D eigenvalue weighted by molar-refractivity contribution is -0.143. The number of hydrogen-bond donors (Lipinski definition) is 1. The number of carbonyl (C=O) groups is 1. The number of aryl methyl sites for hydroxylation is 1. The van der Waals surface area contributed by atoms with Gasteiger partial charge in [0, 0.05) is 39.1 Å². The van der Waals surface area contributed by atoms with Gasteiger partial charge < -0.3 is 18.8 Å². The van der Waals surface area contributed by atoms with Crippen molar-refractivity contribution in [3.8, 4) is 0 Å². The molecule has 0 amide bonds. The van der Waals surface area contributed by atoms with Crippen molar-refractivity contribution in [2.75, 3.05) is 31.0 Å². The summed E-state index contributed by atoms with van der Waals surface area (Å²) < 4.78 is 37.3. The molecule has 0 aliphatic rings. The summed E-state index contributed by atoms with van der Waals surface area (Å²) in [6.45, 7) is 14.1. The number of carbonyl (C=O) groups excluding carboxylic acids is 1. The van der Waals surface area contributed by atoms with Crippen LogP contribution in [-0.2, 0) is 33.1 Å². The number of nitrogens with one attached hydrogen (secondary N) is 1. The fourth-order valence-corrected chi connectivity index (χ4v) is 6.52. The normalized spacial score (nSPS) is 11.4. The maximum atomic E-state index is 13.0. The Kier molecular flexibility index (Phi) is 11.7. The van der Waals surface area contributed by atoms with E-state index in [4.69, 9.17) is 16.3 Å². The molecular formula is C29H38ClN5O4S2. The van der Waals surface area contributed by atoms with Crippen LogP contribution in [0, 0.1) is 6.92 Å². The molecule has 9 nitrogen and oxygen atoms in total. The van der Waals surface area contributed by atoms with Gasteiger partial charge in [0.15, 0.2) is 5.03 Å². The first kappa shape index (κ1) is 32.5. The molecule has 2 heterocycles. The van der Waals surface area contributed by atoms with Crippen molar-refractivity contribution in [2.45, 2.75) is 56.0 Å². The lowest BCUT2D eigenvalue weighted by Gasteiger charge is -2.13. The molecule has 0 aliphatic heterocycles. The lowest BCUT2D eigenvalue weighted by Crippen LogP contribution is -2.21. The number of ether oxygens (including phenoxy) is 1. The molecule has 0 aliphatic carbocycles. The minimum absolute atomic E-state index is 0.00773. The highest BCUT2D eigenvalue weighted by Gasteiger charge is 2.24. The van der Waals surface area contributed by atoms with Gasteiger partial charge in [-0.15, -0.1) is 0 Å². The van der Waals surface area contributed by atoms with Crippen molar-refractivity contribution >= 4 is 55.9 Å². The Hall–Kier alpha value is -2.99. The van der Waals surface area contributed by atoms with Gasteiger partial charge in [-0.1, -0.05) is 50.2 Å². The van der Waals surface area contributed by atoms with Gasteiger partial charge >= 0.3 is 5.97 Å². The molecule has 2 aromatic carbocycles. The number of sulfonamides is 1. The predicted molar refractivity (Wildman–Crippen MR) is 166 cm³/mol. The molecule has 222 valence electrons. The van der Waals surface area contributed by atoms with E-state index in [2.05, 4.69) is 35.4 Å². The second kappa shape index (κ2) is 14.8. The second-order valence-corrected chi connectivity index (χ2v) is 12.3. The average Bonchev–Trinajstić information content (AvgIpc) is 3.50. The van der Waals surface area contributed by atoms with Crippen molar-refractivity contribution in [1.82, 2.24) is 19.0 Å². The maximum Gasteiger partial charge on any atom is 0.325 e. The number of hydrogen-bond acceptors (Lipinski definition) is 7. The monoisotopic (exact) mass is 619 g/mol. The largest absolute Gasteiger partial charge is 0.465 e. The summed E-state index contributed by atoms with van der Waals surface area (Å²) in [5.41, 5.74) is 1.92. The lowest BCUT2D eigenvalue weighted by atomic mass is 10.2. The minimum atomic E-state index is -3.92. The highest BCUT2D eigenvalue weighted by atomic mass is 35.5. The van der Waals surface area contributed by atoms with Gasteiger partial charge in [-0.25, -0.2) is 4.98 Å². The van der Waals surface area contributed by atoms with Crippen LogP contribution in [0.1, 0.15) is 33.4 Å². The molecule has 12 heteroatoms. The summed E-state index contributed by atoms with van der Waals surface area (Å²) in [5, 5.41) is 1.22. The quantitative estimate of drug-likeness (QED) is 0.200. The van der Waals surface area contributed by atoms with Gasteiger partial charge in [-0.3, -0.25) is 9.52 Å². The van der Waals surface area contributed by atoms with Gasteiger partial charge in [0.1, 0.15) is 6.54 Å². The molecule has 0 saturated carbocycles. The molecule has 1 N–H and O–H groups in total. The first-order valence-corrected chi connectivity index (χ1v) is 16.2. The molecule has 4 aromatic rings. The van der Waals surface area contributed by atoms with Gasteiger partial charge in [-0.2, -0.15) is 8.42 Å². The number of benzene rings is 2. The van der Waals surface area contributed by atoms with Crippen molar-refractivity contribution in [3.63, 3.8) is 0 Å². The second-order valence-electron chi connectivity index (χ2n) is 9.16. The van der Waals surface area contributed by atoms with E-state index in [1.54, 1.807) is 42.8 Å². The molecule has 0 unspecified atom stereocenters. The molecule has 0 fully saturated rings. The van der Waals surface area contributed by atoms with E-state index < -0.39 is 10.0 Å². The van der Waals surface area contributed by atoms with Crippen LogP contribution in [-0.4, -0.2) is 59.6 Å². The number of fused-ring (bicyclic) bond motifs is 1. The van der Waals surface area contributed by atoms with E-state index >= 15 is 0 Å². The van der Waals surface area contributed by atoms with Crippen LogP contribution >= 0.6 is 23.4 Å². The van der Waals surface area contributed by atoms with Crippen molar-refractivity contribution in [3.05, 3.63) is 65.7 Å². The summed E-state index contributed by atoms with van der Waals surface area (Å²) in [4.78, 5) is 20.4. The average molecular weight is 620 g/mol. The van der Waals surface area contributed by atoms with E-state index in [1.807, 2.05) is 29.7 Å². The standard InChI is InChI=1S/C23H23ClN4O4S2.C6H15N/c1-4-32-21(29)13-28-15(2)23(33-17-10-8-16(24)9-11-17)22-18(6-5-7-19(22)28)26-34(30,31)20-12-27(3)14-25-20;1-4-7(5-2)6-3/h5-12,14,26H,4,13H2,1-3H3;4-6H2,1-3H3. The van der Waals surface area contributed by atoms with Crippen molar-refractivity contribution < 1.29 is 17.9 Å². The molecule has 0 spiro atoms. The topological polar surface area (TPSA) is 98.5 Å². The van der Waals surface area contributed by atoms with Gasteiger partial charge in [0.25, 0.3) is 10.0 Å². The number of rotatable bonds is 11. The Morgan fingerprint density at radius 2 is 1.73 bits per heavy atom. The van der Waals surface area contributed by atoms with Crippen LogP contribution in [0.25, 0.3) is 10.9 Å². The minimum Gasteiger partial charge on any atom is -0.465 e. The summed E-state index contributed by atoms with van der Waals surface area (Å²) in [6, 6.07) is 12.7. The Balaban J connectivity index is 0.000000587. The number of nitrogens with zero attached hydrogens (tertiary/aromatic N) is 4. The number of imidazole rings is 1. The third-order valence-corrected chi connectivity index (χ3v) is 9.18. The zero-order valence-electron chi connectivity index (χ0n) is 24.3. The van der Waals surface area contributed by atoms with E-state index in [-0.39, 0.29) is 24.1 Å². The summed E-state index contributed by atoms with van der Waals surface area (Å²) >= 11 is 7.51. The van der Waals surface area contributed by atoms with Crippen LogP contribution < -0.4 is 4.72 Å². The van der Waals surface area contributed by atoms with E-state index in [0.29, 0.717) is 21.6 Å². The Morgan fingerprint density at radius 1 is 1.07 bits per heavy atom. The van der Waals surface area contributed by atoms with Crippen LogP contribution in [0.2, 0.25) is 5.02 Å². The highest BCUT2D eigenvalue weighted by Crippen LogP contribution is 2.42. The van der Waals surface area contributed by atoms with Crippen LogP contribution in [0.5, 0.6) is 0 Å². The molecule has 41 heavy (non-hydrogen) atoms. The first-order chi connectivity index (χ1) is 19.5. The van der Waals surface area contributed by atoms with Crippen LogP contribution in [0.3, 0.4) is 0 Å². The molecule has 0 atom stereocenters. The number of halogens is 1. The number of esters is 1. The zero-order chi connectivity index (χ0) is 30.2.